The Morgan fingerprint density at radius 3 is 2.52 bits per heavy atom. The Labute approximate surface area is 119 Å². The molecular weight excluding hydrogens is 312 g/mol. The second-order valence-electron chi connectivity index (χ2n) is 4.78. The number of anilines is 1. The minimum atomic E-state index is -5.59. The summed E-state index contributed by atoms with van der Waals surface area (Å²) in [6.07, 6.45) is 0.666. The molecule has 118 valence electrons. The molecule has 1 heterocycles. The molecule has 1 aliphatic rings. The predicted molar refractivity (Wildman–Crippen MR) is 69.3 cm³/mol. The number of benzene rings is 1. The first-order valence-corrected chi connectivity index (χ1v) is 7.68. The van der Waals surface area contributed by atoms with E-state index in [-0.39, 0.29) is 11.7 Å². The average molecular weight is 326 g/mol. The maximum absolute atomic E-state index is 13.2. The van der Waals surface area contributed by atoms with E-state index in [0.29, 0.717) is 25.6 Å². The maximum Gasteiger partial charge on any atom is 0.501 e. The van der Waals surface area contributed by atoms with E-state index in [4.69, 9.17) is 0 Å². The Hall–Kier alpha value is -1.35. The molecule has 1 aliphatic heterocycles. The summed E-state index contributed by atoms with van der Waals surface area (Å²) in [4.78, 5) is 0.478. The van der Waals surface area contributed by atoms with Crippen LogP contribution in [0, 0.1) is 5.82 Å². The highest BCUT2D eigenvalue weighted by molar-refractivity contribution is 7.92. The summed E-state index contributed by atoms with van der Waals surface area (Å²) in [5, 5.41) is 2.98. The van der Waals surface area contributed by atoms with E-state index in [2.05, 4.69) is 5.32 Å². The molecular formula is C12H14F4N2O2S. The second-order valence-corrected chi connectivity index (χ2v) is 6.69. The predicted octanol–water partition coefficient (Wildman–Crippen LogP) is 1.92. The number of nitrogens with one attached hydrogen (secondary N) is 1. The Morgan fingerprint density at radius 2 is 2.00 bits per heavy atom. The molecule has 1 aromatic rings. The lowest BCUT2D eigenvalue weighted by atomic mass is 10.3. The van der Waals surface area contributed by atoms with Gasteiger partial charge in [-0.3, -0.25) is 0 Å². The normalized spacial score (nSPS) is 20.0. The smallest absolute Gasteiger partial charge is 0.369 e. The molecule has 1 N–H and O–H groups in total. The van der Waals surface area contributed by atoms with Gasteiger partial charge in [-0.15, -0.1) is 0 Å². The lowest BCUT2D eigenvalue weighted by Crippen LogP contribution is -2.31. The number of sulfone groups is 1. The first-order valence-electron chi connectivity index (χ1n) is 6.20. The first kappa shape index (κ1) is 16.0. The van der Waals surface area contributed by atoms with Gasteiger partial charge in [-0.2, -0.15) is 13.2 Å². The highest BCUT2D eigenvalue weighted by Crippen LogP contribution is 2.37. The second kappa shape index (κ2) is 5.45. The fourth-order valence-corrected chi connectivity index (χ4v) is 3.29. The van der Waals surface area contributed by atoms with Crippen LogP contribution in [0.25, 0.3) is 0 Å². The van der Waals surface area contributed by atoms with E-state index in [0.717, 1.165) is 12.1 Å². The lowest BCUT2D eigenvalue weighted by molar-refractivity contribution is -0.0435. The minimum absolute atomic E-state index is 0.0523. The van der Waals surface area contributed by atoms with Crippen LogP contribution in [0.3, 0.4) is 0 Å². The van der Waals surface area contributed by atoms with Crippen molar-refractivity contribution in [3.8, 4) is 0 Å². The zero-order valence-corrected chi connectivity index (χ0v) is 11.9. The van der Waals surface area contributed by atoms with Crippen molar-refractivity contribution in [3.05, 3.63) is 24.0 Å². The van der Waals surface area contributed by atoms with Crippen molar-refractivity contribution in [2.75, 3.05) is 25.0 Å². The van der Waals surface area contributed by atoms with Gasteiger partial charge in [0.2, 0.25) is 0 Å². The standard InChI is InChI=1S/C12H14F4N2O2S/c1-17-9-4-5-18(7-9)10-3-2-8(13)6-11(10)21(19,20)12(14,15)16/h2-3,6,9,17H,4-5,7H2,1H3. The van der Waals surface area contributed by atoms with Crippen LogP contribution in [0.4, 0.5) is 23.2 Å². The largest absolute Gasteiger partial charge is 0.501 e. The van der Waals surface area contributed by atoms with E-state index >= 15 is 0 Å². The van der Waals surface area contributed by atoms with E-state index in [1.165, 1.54) is 4.90 Å². The molecule has 1 atom stereocenters. The van der Waals surface area contributed by atoms with Crippen molar-refractivity contribution in [2.24, 2.45) is 0 Å². The molecule has 0 spiro atoms. The molecule has 9 heteroatoms. The van der Waals surface area contributed by atoms with Gasteiger partial charge >= 0.3 is 5.51 Å². The van der Waals surface area contributed by atoms with Crippen LogP contribution in [0.2, 0.25) is 0 Å². The molecule has 0 aromatic heterocycles. The average Bonchev–Trinajstić information content (AvgIpc) is 2.86. The van der Waals surface area contributed by atoms with Crippen molar-refractivity contribution in [1.29, 1.82) is 0 Å². The number of alkyl halides is 3. The summed E-state index contributed by atoms with van der Waals surface area (Å²) < 4.78 is 74.6. The molecule has 0 aliphatic carbocycles. The summed E-state index contributed by atoms with van der Waals surface area (Å²) in [6, 6.07) is 2.50. The molecule has 4 nitrogen and oxygen atoms in total. The summed E-state index contributed by atoms with van der Waals surface area (Å²) in [7, 11) is -3.88. The summed E-state index contributed by atoms with van der Waals surface area (Å²) in [6.45, 7) is 0.764. The molecule has 21 heavy (non-hydrogen) atoms. The molecule has 1 unspecified atom stereocenters. The minimum Gasteiger partial charge on any atom is -0.369 e. The fourth-order valence-electron chi connectivity index (χ4n) is 2.30. The molecule has 0 saturated carbocycles. The van der Waals surface area contributed by atoms with Gasteiger partial charge in [0.1, 0.15) is 10.7 Å². The van der Waals surface area contributed by atoms with Gasteiger partial charge < -0.3 is 10.2 Å². The Kier molecular flexibility index (Phi) is 4.16. The van der Waals surface area contributed by atoms with Crippen molar-refractivity contribution in [3.63, 3.8) is 0 Å². The van der Waals surface area contributed by atoms with Crippen LogP contribution >= 0.6 is 0 Å². The summed E-state index contributed by atoms with van der Waals surface area (Å²) >= 11 is 0. The first-order chi connectivity index (χ1) is 9.66. The zero-order chi connectivity index (χ0) is 15.8. The van der Waals surface area contributed by atoms with Crippen molar-refractivity contribution in [2.45, 2.75) is 22.9 Å². The van der Waals surface area contributed by atoms with Gasteiger partial charge in [0.15, 0.2) is 0 Å². The van der Waals surface area contributed by atoms with Crippen molar-refractivity contribution in [1.82, 2.24) is 5.32 Å². The number of hydrogen-bond donors (Lipinski definition) is 1. The third-order valence-electron chi connectivity index (χ3n) is 3.45. The molecule has 1 saturated heterocycles. The van der Waals surface area contributed by atoms with E-state index in [9.17, 15) is 26.0 Å². The molecule has 1 aromatic carbocycles. The van der Waals surface area contributed by atoms with Crippen LogP contribution in [0.1, 0.15) is 6.42 Å². The number of hydrogen-bond acceptors (Lipinski definition) is 4. The SMILES string of the molecule is CNC1CCN(c2ccc(F)cc2S(=O)(=O)C(F)(F)F)C1. The highest BCUT2D eigenvalue weighted by Gasteiger charge is 2.48. The van der Waals surface area contributed by atoms with Crippen molar-refractivity contribution < 1.29 is 26.0 Å². The molecule has 0 bridgehead atoms. The zero-order valence-electron chi connectivity index (χ0n) is 11.1. The third-order valence-corrected chi connectivity index (χ3v) is 4.97. The van der Waals surface area contributed by atoms with Crippen LogP contribution in [-0.2, 0) is 9.84 Å². The number of nitrogens with zero attached hydrogens (tertiary/aromatic N) is 1. The highest BCUT2D eigenvalue weighted by atomic mass is 32.2. The molecule has 0 radical (unpaired) electrons. The fraction of sp³-hybridized carbons (Fsp3) is 0.500. The quantitative estimate of drug-likeness (QED) is 0.862. The summed E-state index contributed by atoms with van der Waals surface area (Å²) in [5.74, 6) is -1.02. The van der Waals surface area contributed by atoms with Crippen molar-refractivity contribution >= 4 is 15.5 Å². The number of likely N-dealkylation sites (N-methyl/N-ethyl adjacent to an activating group) is 1. The Balaban J connectivity index is 2.50. The number of rotatable bonds is 3. The van der Waals surface area contributed by atoms with Gasteiger partial charge in [0.05, 0.1) is 5.69 Å². The van der Waals surface area contributed by atoms with Gasteiger partial charge in [-0.1, -0.05) is 0 Å². The van der Waals surface area contributed by atoms with Gasteiger partial charge in [-0.05, 0) is 31.7 Å². The Morgan fingerprint density at radius 1 is 1.33 bits per heavy atom. The van der Waals surface area contributed by atoms with Crippen LogP contribution in [0.5, 0.6) is 0 Å². The van der Waals surface area contributed by atoms with Gasteiger partial charge in [0, 0.05) is 19.1 Å². The van der Waals surface area contributed by atoms with Crippen LogP contribution < -0.4 is 10.2 Å². The van der Waals surface area contributed by atoms with E-state index in [1.54, 1.807) is 7.05 Å². The van der Waals surface area contributed by atoms with E-state index in [1.807, 2.05) is 0 Å². The Bertz CT molecular complexity index is 631. The molecule has 0 amide bonds. The monoisotopic (exact) mass is 326 g/mol. The van der Waals surface area contributed by atoms with Crippen LogP contribution in [-0.4, -0.2) is 40.1 Å². The van der Waals surface area contributed by atoms with E-state index < -0.39 is 26.1 Å². The number of halogens is 4. The maximum atomic E-state index is 13.2. The topological polar surface area (TPSA) is 49.4 Å². The van der Waals surface area contributed by atoms with Gasteiger partial charge in [-0.25, -0.2) is 12.8 Å². The third kappa shape index (κ3) is 2.98. The van der Waals surface area contributed by atoms with Gasteiger partial charge in [0.25, 0.3) is 9.84 Å². The molecule has 1 fully saturated rings. The molecule has 2 rings (SSSR count). The van der Waals surface area contributed by atoms with Crippen LogP contribution in [0.15, 0.2) is 23.1 Å². The summed E-state index contributed by atoms with van der Waals surface area (Å²) in [5.41, 5.74) is -5.58. The lowest BCUT2D eigenvalue weighted by Gasteiger charge is -2.22.